The van der Waals surface area contributed by atoms with Crippen molar-refractivity contribution in [1.29, 1.82) is 0 Å². The molecule has 0 saturated carbocycles. The number of rotatable bonds is 6. The van der Waals surface area contributed by atoms with Crippen LogP contribution in [0, 0.1) is 5.82 Å². The molecule has 0 bridgehead atoms. The number of ether oxygens (including phenoxy) is 2. The number of hydrogen-bond acceptors (Lipinski definition) is 5. The standard InChI is InChI=1S/C21H19FN2O5/c1-2-28-20(26)17-16(12-29-19(25)14-8-10-15(22)11-9-14)23-21(27)24-18(17)13-6-4-3-5-7-13/h3-11,18H,2,12H2,1H3,(H2,23,24,27). The summed E-state index contributed by atoms with van der Waals surface area (Å²) in [7, 11) is 0. The van der Waals surface area contributed by atoms with Crippen molar-refractivity contribution in [1.82, 2.24) is 10.6 Å². The van der Waals surface area contributed by atoms with E-state index in [9.17, 15) is 18.8 Å². The number of amides is 2. The number of halogens is 1. The lowest BCUT2D eigenvalue weighted by atomic mass is 9.95. The molecule has 1 aliphatic heterocycles. The van der Waals surface area contributed by atoms with E-state index in [2.05, 4.69) is 10.6 Å². The normalized spacial score (nSPS) is 15.9. The Morgan fingerprint density at radius 1 is 1.00 bits per heavy atom. The quantitative estimate of drug-likeness (QED) is 0.730. The first kappa shape index (κ1) is 20.1. The Balaban J connectivity index is 1.89. The largest absolute Gasteiger partial charge is 0.463 e. The third-order valence-electron chi connectivity index (χ3n) is 4.21. The zero-order valence-corrected chi connectivity index (χ0v) is 15.6. The van der Waals surface area contributed by atoms with E-state index in [1.165, 1.54) is 12.1 Å². The topological polar surface area (TPSA) is 93.7 Å². The molecule has 0 aromatic heterocycles. The molecule has 2 aromatic carbocycles. The molecule has 7 nitrogen and oxygen atoms in total. The van der Waals surface area contributed by atoms with Crippen molar-refractivity contribution in [2.75, 3.05) is 13.2 Å². The van der Waals surface area contributed by atoms with Gasteiger partial charge in [-0.3, -0.25) is 0 Å². The predicted molar refractivity (Wildman–Crippen MR) is 101 cm³/mol. The van der Waals surface area contributed by atoms with Crippen molar-refractivity contribution in [2.45, 2.75) is 13.0 Å². The smallest absolute Gasteiger partial charge is 0.338 e. The van der Waals surface area contributed by atoms with Crippen LogP contribution in [-0.2, 0) is 14.3 Å². The fourth-order valence-corrected chi connectivity index (χ4v) is 2.88. The Morgan fingerprint density at radius 2 is 1.69 bits per heavy atom. The summed E-state index contributed by atoms with van der Waals surface area (Å²) in [4.78, 5) is 37.0. The Morgan fingerprint density at radius 3 is 2.34 bits per heavy atom. The number of benzene rings is 2. The second kappa shape index (κ2) is 9.01. The van der Waals surface area contributed by atoms with Crippen LogP contribution in [0.2, 0.25) is 0 Å². The number of esters is 2. The lowest BCUT2D eigenvalue weighted by Gasteiger charge is -2.29. The zero-order valence-electron chi connectivity index (χ0n) is 15.6. The maximum absolute atomic E-state index is 13.0. The summed E-state index contributed by atoms with van der Waals surface area (Å²) in [6.07, 6.45) is 0. The number of hydrogen-bond donors (Lipinski definition) is 2. The highest BCUT2D eigenvalue weighted by Gasteiger charge is 2.34. The van der Waals surface area contributed by atoms with E-state index in [1.54, 1.807) is 31.2 Å². The lowest BCUT2D eigenvalue weighted by molar-refractivity contribution is -0.139. The Hall–Kier alpha value is -3.68. The van der Waals surface area contributed by atoms with Gasteiger partial charge in [-0.25, -0.2) is 18.8 Å². The van der Waals surface area contributed by atoms with Crippen LogP contribution in [0.15, 0.2) is 65.9 Å². The summed E-state index contributed by atoms with van der Waals surface area (Å²) in [5.74, 6) is -1.84. The average molecular weight is 398 g/mol. The van der Waals surface area contributed by atoms with Crippen molar-refractivity contribution >= 4 is 18.0 Å². The molecule has 0 saturated heterocycles. The molecule has 150 valence electrons. The summed E-state index contributed by atoms with van der Waals surface area (Å²) >= 11 is 0. The first-order valence-corrected chi connectivity index (χ1v) is 8.95. The van der Waals surface area contributed by atoms with Gasteiger partial charge in [0, 0.05) is 0 Å². The van der Waals surface area contributed by atoms with Gasteiger partial charge in [0.05, 0.1) is 29.5 Å². The van der Waals surface area contributed by atoms with Crippen LogP contribution in [0.4, 0.5) is 9.18 Å². The van der Waals surface area contributed by atoms with Crippen molar-refractivity contribution in [3.63, 3.8) is 0 Å². The molecule has 0 fully saturated rings. The summed E-state index contributed by atoms with van der Waals surface area (Å²) in [5.41, 5.74) is 1.08. The van der Waals surface area contributed by atoms with Crippen LogP contribution in [0.1, 0.15) is 28.9 Å². The Kier molecular flexibility index (Phi) is 6.23. The van der Waals surface area contributed by atoms with Crippen LogP contribution < -0.4 is 10.6 Å². The zero-order chi connectivity index (χ0) is 20.8. The molecule has 2 aromatic rings. The van der Waals surface area contributed by atoms with Gasteiger partial charge in [0.1, 0.15) is 12.4 Å². The third-order valence-corrected chi connectivity index (χ3v) is 4.21. The number of nitrogens with one attached hydrogen (secondary N) is 2. The van der Waals surface area contributed by atoms with E-state index in [-0.39, 0.29) is 30.0 Å². The summed E-state index contributed by atoms with van der Waals surface area (Å²) in [5, 5.41) is 5.20. The van der Waals surface area contributed by atoms with Crippen molar-refractivity contribution < 1.29 is 28.2 Å². The molecule has 2 N–H and O–H groups in total. The molecule has 1 unspecified atom stereocenters. The van der Waals surface area contributed by atoms with Gasteiger partial charge in [0.15, 0.2) is 0 Å². The van der Waals surface area contributed by atoms with Crippen LogP contribution in [-0.4, -0.2) is 31.2 Å². The van der Waals surface area contributed by atoms with Crippen LogP contribution in [0.5, 0.6) is 0 Å². The van der Waals surface area contributed by atoms with Crippen molar-refractivity contribution in [3.8, 4) is 0 Å². The molecular formula is C21H19FN2O5. The van der Waals surface area contributed by atoms with Gasteiger partial charge in [-0.05, 0) is 36.8 Å². The van der Waals surface area contributed by atoms with Crippen LogP contribution in [0.3, 0.4) is 0 Å². The predicted octanol–water partition coefficient (Wildman–Crippen LogP) is 2.85. The summed E-state index contributed by atoms with van der Waals surface area (Å²) in [6, 6.07) is 12.4. The molecule has 1 heterocycles. The minimum Gasteiger partial charge on any atom is -0.463 e. The van der Waals surface area contributed by atoms with E-state index < -0.39 is 29.8 Å². The molecular weight excluding hydrogens is 379 g/mol. The van der Waals surface area contributed by atoms with E-state index in [0.717, 1.165) is 12.1 Å². The molecule has 0 aliphatic carbocycles. The van der Waals surface area contributed by atoms with Gasteiger partial charge in [0.25, 0.3) is 0 Å². The molecule has 1 aliphatic rings. The fraction of sp³-hybridized carbons (Fsp3) is 0.190. The first-order chi connectivity index (χ1) is 14.0. The second-order valence-electron chi connectivity index (χ2n) is 6.14. The molecule has 1 atom stereocenters. The Labute approximate surface area is 166 Å². The van der Waals surface area contributed by atoms with Gasteiger partial charge in [-0.1, -0.05) is 30.3 Å². The Bertz CT molecular complexity index is 941. The highest BCUT2D eigenvalue weighted by molar-refractivity contribution is 5.95. The molecule has 0 radical (unpaired) electrons. The minimum absolute atomic E-state index is 0.122. The van der Waals surface area contributed by atoms with Crippen molar-refractivity contribution in [2.24, 2.45) is 0 Å². The molecule has 0 spiro atoms. The monoisotopic (exact) mass is 398 g/mol. The molecule has 2 amide bonds. The maximum Gasteiger partial charge on any atom is 0.338 e. The first-order valence-electron chi connectivity index (χ1n) is 8.95. The number of carbonyl (C=O) groups is 3. The summed E-state index contributed by atoms with van der Waals surface area (Å²) < 4.78 is 23.4. The van der Waals surface area contributed by atoms with E-state index >= 15 is 0 Å². The highest BCUT2D eigenvalue weighted by atomic mass is 19.1. The van der Waals surface area contributed by atoms with Gasteiger partial charge < -0.3 is 20.1 Å². The second-order valence-corrected chi connectivity index (χ2v) is 6.14. The fourth-order valence-electron chi connectivity index (χ4n) is 2.88. The molecule has 3 rings (SSSR count). The maximum atomic E-state index is 13.0. The lowest BCUT2D eigenvalue weighted by Crippen LogP contribution is -2.47. The van der Waals surface area contributed by atoms with Gasteiger partial charge >= 0.3 is 18.0 Å². The van der Waals surface area contributed by atoms with Crippen LogP contribution >= 0.6 is 0 Å². The number of carbonyl (C=O) groups excluding carboxylic acids is 3. The van der Waals surface area contributed by atoms with E-state index in [0.29, 0.717) is 5.56 Å². The summed E-state index contributed by atoms with van der Waals surface area (Å²) in [6.45, 7) is 1.45. The van der Waals surface area contributed by atoms with Gasteiger partial charge in [-0.2, -0.15) is 0 Å². The third kappa shape index (κ3) is 4.78. The molecule has 29 heavy (non-hydrogen) atoms. The highest BCUT2D eigenvalue weighted by Crippen LogP contribution is 2.28. The van der Waals surface area contributed by atoms with Gasteiger partial charge in [-0.15, -0.1) is 0 Å². The molecule has 8 heteroatoms. The van der Waals surface area contributed by atoms with Crippen LogP contribution in [0.25, 0.3) is 0 Å². The van der Waals surface area contributed by atoms with E-state index in [1.807, 2.05) is 6.07 Å². The average Bonchev–Trinajstić information content (AvgIpc) is 2.72. The van der Waals surface area contributed by atoms with Gasteiger partial charge in [0.2, 0.25) is 0 Å². The van der Waals surface area contributed by atoms with Crippen molar-refractivity contribution in [3.05, 3.63) is 82.8 Å². The minimum atomic E-state index is -0.761. The SMILES string of the molecule is CCOC(=O)C1=C(COC(=O)c2ccc(F)cc2)NC(=O)NC1c1ccccc1. The number of urea groups is 1. The van der Waals surface area contributed by atoms with E-state index in [4.69, 9.17) is 9.47 Å².